The highest BCUT2D eigenvalue weighted by Gasteiger charge is 2.25. The van der Waals surface area contributed by atoms with Gasteiger partial charge in [-0.1, -0.05) is 29.8 Å². The predicted octanol–water partition coefficient (Wildman–Crippen LogP) is 6.83. The number of carbonyl (C=O) groups is 1. The Morgan fingerprint density at radius 3 is 2.52 bits per heavy atom. The van der Waals surface area contributed by atoms with Gasteiger partial charge in [0.2, 0.25) is 0 Å². The van der Waals surface area contributed by atoms with E-state index in [1.807, 2.05) is 0 Å². The Hall–Kier alpha value is -3.02. The van der Waals surface area contributed by atoms with Gasteiger partial charge < -0.3 is 10.3 Å². The van der Waals surface area contributed by atoms with E-state index in [1.54, 1.807) is 42.5 Å². The van der Waals surface area contributed by atoms with E-state index in [9.17, 15) is 13.6 Å². The lowest BCUT2D eigenvalue weighted by Gasteiger charge is -2.24. The van der Waals surface area contributed by atoms with Crippen LogP contribution in [0.5, 0.6) is 0 Å². The van der Waals surface area contributed by atoms with Crippen LogP contribution in [0.4, 0.5) is 8.78 Å². The molecule has 1 aliphatic heterocycles. The molecule has 5 rings (SSSR count). The molecule has 0 fully saturated rings. The SMILES string of the molecule is O=C(CCCC1Cc2[nH]c3c(F)ccc(-c4ccc(F)cc4)c3c2CN1)c1ccc(Cl)cc1. The number of ketones is 1. The first kappa shape index (κ1) is 21.8. The van der Waals surface area contributed by atoms with E-state index in [2.05, 4.69) is 10.3 Å². The monoisotopic (exact) mass is 464 g/mol. The normalized spacial score (nSPS) is 15.5. The molecule has 2 N–H and O–H groups in total. The molecule has 1 atom stereocenters. The lowest BCUT2D eigenvalue weighted by Crippen LogP contribution is -2.35. The maximum absolute atomic E-state index is 14.6. The van der Waals surface area contributed by atoms with Crippen molar-refractivity contribution < 1.29 is 13.6 Å². The molecule has 6 heteroatoms. The molecule has 1 unspecified atom stereocenters. The lowest BCUT2D eigenvalue weighted by atomic mass is 9.93. The van der Waals surface area contributed by atoms with Crippen molar-refractivity contribution in [3.05, 3.63) is 94.1 Å². The summed E-state index contributed by atoms with van der Waals surface area (Å²) in [5.74, 6) is -0.484. The molecule has 2 heterocycles. The third-order valence-electron chi connectivity index (χ3n) is 6.39. The number of rotatable bonds is 6. The second-order valence-electron chi connectivity index (χ2n) is 8.54. The summed E-state index contributed by atoms with van der Waals surface area (Å²) in [5, 5.41) is 5.02. The fourth-order valence-corrected chi connectivity index (χ4v) is 4.81. The van der Waals surface area contributed by atoms with Crippen molar-refractivity contribution in [1.82, 2.24) is 10.3 Å². The number of H-pyrrole nitrogens is 1. The number of nitrogens with one attached hydrogen (secondary N) is 2. The molecule has 1 aliphatic rings. The first-order valence-electron chi connectivity index (χ1n) is 11.1. The highest BCUT2D eigenvalue weighted by Crippen LogP contribution is 2.36. The second kappa shape index (κ2) is 9.08. The number of hydrogen-bond acceptors (Lipinski definition) is 2. The third kappa shape index (κ3) is 4.43. The number of halogens is 3. The summed E-state index contributed by atoms with van der Waals surface area (Å²) in [6.45, 7) is 0.614. The second-order valence-corrected chi connectivity index (χ2v) is 8.97. The summed E-state index contributed by atoms with van der Waals surface area (Å²) in [6.07, 6.45) is 2.83. The Balaban J connectivity index is 1.32. The molecular formula is C27H23ClF2N2O. The number of fused-ring (bicyclic) bond motifs is 3. The molecular weight excluding hydrogens is 442 g/mol. The number of hydrogen-bond donors (Lipinski definition) is 2. The summed E-state index contributed by atoms with van der Waals surface area (Å²) in [7, 11) is 0. The van der Waals surface area contributed by atoms with Gasteiger partial charge in [-0.05, 0) is 72.0 Å². The lowest BCUT2D eigenvalue weighted by molar-refractivity contribution is 0.0978. The molecule has 0 saturated carbocycles. The average Bonchev–Trinajstić information content (AvgIpc) is 3.20. The average molecular weight is 465 g/mol. The topological polar surface area (TPSA) is 44.9 Å². The molecule has 3 nitrogen and oxygen atoms in total. The number of aromatic nitrogens is 1. The Bertz CT molecular complexity index is 1310. The molecule has 1 aromatic heterocycles. The van der Waals surface area contributed by atoms with E-state index in [-0.39, 0.29) is 23.5 Å². The fourth-order valence-electron chi connectivity index (χ4n) is 4.69. The summed E-state index contributed by atoms with van der Waals surface area (Å²) < 4.78 is 28.0. The van der Waals surface area contributed by atoms with Crippen LogP contribution in [0.2, 0.25) is 5.02 Å². The maximum Gasteiger partial charge on any atom is 0.162 e. The Morgan fingerprint density at radius 1 is 1.00 bits per heavy atom. The van der Waals surface area contributed by atoms with E-state index in [0.29, 0.717) is 29.1 Å². The standard InChI is InChI=1S/C27H23ClF2N2O/c28-18-8-4-17(5-9-18)25(33)3-1-2-20-14-24-22(15-31-20)26-21(12-13-23(30)27(26)32-24)16-6-10-19(29)11-7-16/h4-13,20,31-32H,1-3,14-15H2. The van der Waals surface area contributed by atoms with Crippen molar-refractivity contribution >= 4 is 28.3 Å². The quantitative estimate of drug-likeness (QED) is 0.307. The first-order valence-corrected chi connectivity index (χ1v) is 11.5. The zero-order valence-electron chi connectivity index (χ0n) is 17.9. The van der Waals surface area contributed by atoms with Crippen molar-refractivity contribution in [3.8, 4) is 11.1 Å². The van der Waals surface area contributed by atoms with Crippen LogP contribution < -0.4 is 5.32 Å². The van der Waals surface area contributed by atoms with Gasteiger partial charge >= 0.3 is 0 Å². The van der Waals surface area contributed by atoms with Gasteiger partial charge in [-0.2, -0.15) is 0 Å². The van der Waals surface area contributed by atoms with Crippen molar-refractivity contribution in [2.24, 2.45) is 0 Å². The van der Waals surface area contributed by atoms with Crippen molar-refractivity contribution in [2.75, 3.05) is 0 Å². The Kier molecular flexibility index (Phi) is 6.00. The molecule has 33 heavy (non-hydrogen) atoms. The van der Waals surface area contributed by atoms with Gasteiger partial charge in [-0.3, -0.25) is 4.79 Å². The van der Waals surface area contributed by atoms with Crippen LogP contribution in [0.25, 0.3) is 22.0 Å². The van der Waals surface area contributed by atoms with Crippen LogP contribution in [0.3, 0.4) is 0 Å². The zero-order chi connectivity index (χ0) is 22.9. The van der Waals surface area contributed by atoms with Crippen LogP contribution in [0, 0.1) is 11.6 Å². The van der Waals surface area contributed by atoms with Crippen molar-refractivity contribution in [2.45, 2.75) is 38.3 Å². The highest BCUT2D eigenvalue weighted by atomic mass is 35.5. The Labute approximate surface area is 195 Å². The van der Waals surface area contributed by atoms with Gasteiger partial charge in [0, 0.05) is 47.1 Å². The van der Waals surface area contributed by atoms with Gasteiger partial charge in [0.05, 0.1) is 5.52 Å². The van der Waals surface area contributed by atoms with Crippen LogP contribution in [-0.2, 0) is 13.0 Å². The molecule has 168 valence electrons. The highest BCUT2D eigenvalue weighted by molar-refractivity contribution is 6.30. The smallest absolute Gasteiger partial charge is 0.162 e. The van der Waals surface area contributed by atoms with Gasteiger partial charge in [-0.15, -0.1) is 0 Å². The van der Waals surface area contributed by atoms with Crippen molar-refractivity contribution in [3.63, 3.8) is 0 Å². The van der Waals surface area contributed by atoms with Crippen LogP contribution in [0.1, 0.15) is 40.9 Å². The van der Waals surface area contributed by atoms with Crippen LogP contribution >= 0.6 is 11.6 Å². The third-order valence-corrected chi connectivity index (χ3v) is 6.64. The largest absolute Gasteiger partial charge is 0.356 e. The number of benzene rings is 3. The van der Waals surface area contributed by atoms with Gasteiger partial charge in [-0.25, -0.2) is 8.78 Å². The summed E-state index contributed by atoms with van der Waals surface area (Å²) in [4.78, 5) is 15.7. The van der Waals surface area contributed by atoms with E-state index in [0.717, 1.165) is 47.0 Å². The van der Waals surface area contributed by atoms with E-state index in [4.69, 9.17) is 11.6 Å². The summed E-state index contributed by atoms with van der Waals surface area (Å²) >= 11 is 5.89. The predicted molar refractivity (Wildman–Crippen MR) is 128 cm³/mol. The Morgan fingerprint density at radius 2 is 1.76 bits per heavy atom. The molecule has 0 bridgehead atoms. The van der Waals surface area contributed by atoms with E-state index >= 15 is 0 Å². The molecule has 0 amide bonds. The van der Waals surface area contributed by atoms with Crippen LogP contribution in [0.15, 0.2) is 60.7 Å². The summed E-state index contributed by atoms with van der Waals surface area (Å²) in [6, 6.07) is 16.7. The minimum atomic E-state index is -0.299. The van der Waals surface area contributed by atoms with E-state index in [1.165, 1.54) is 18.2 Å². The zero-order valence-corrected chi connectivity index (χ0v) is 18.7. The fraction of sp³-hybridized carbons (Fsp3) is 0.222. The minimum absolute atomic E-state index is 0.111. The molecule has 4 aromatic rings. The van der Waals surface area contributed by atoms with Crippen molar-refractivity contribution in [1.29, 1.82) is 0 Å². The maximum atomic E-state index is 14.6. The molecule has 0 saturated heterocycles. The molecule has 0 radical (unpaired) electrons. The van der Waals surface area contributed by atoms with Crippen LogP contribution in [-0.4, -0.2) is 16.8 Å². The molecule has 0 aliphatic carbocycles. The van der Waals surface area contributed by atoms with Gasteiger partial charge in [0.15, 0.2) is 5.78 Å². The number of Topliss-reactive ketones (excluding diaryl/α,β-unsaturated/α-hetero) is 1. The number of carbonyl (C=O) groups excluding carboxylic acids is 1. The number of aromatic amines is 1. The minimum Gasteiger partial charge on any atom is -0.356 e. The van der Waals surface area contributed by atoms with Gasteiger partial charge in [0.25, 0.3) is 0 Å². The molecule has 0 spiro atoms. The first-order chi connectivity index (χ1) is 16.0. The van der Waals surface area contributed by atoms with Gasteiger partial charge in [0.1, 0.15) is 11.6 Å². The van der Waals surface area contributed by atoms with E-state index < -0.39 is 0 Å². The molecule has 3 aromatic carbocycles. The summed E-state index contributed by atoms with van der Waals surface area (Å²) in [5.41, 5.74) is 4.98.